The van der Waals surface area contributed by atoms with Gasteiger partial charge in [0.25, 0.3) is 0 Å². The minimum atomic E-state index is -4.04. The average molecular weight is 198 g/mol. The summed E-state index contributed by atoms with van der Waals surface area (Å²) in [5.41, 5.74) is 0. The Balaban J connectivity index is 3.35. The summed E-state index contributed by atoms with van der Waals surface area (Å²) in [6.45, 7) is 4.30. The Kier molecular flexibility index (Phi) is 6.07. The first-order chi connectivity index (χ1) is 5.95. The first-order valence-electron chi connectivity index (χ1n) is 4.41. The second-order valence-electron chi connectivity index (χ2n) is 3.02. The van der Waals surface area contributed by atoms with Gasteiger partial charge >= 0.3 is 6.18 Å². The zero-order valence-corrected chi connectivity index (χ0v) is 8.12. The molecule has 5 heteroatoms. The van der Waals surface area contributed by atoms with E-state index in [1.165, 1.54) is 0 Å². The van der Waals surface area contributed by atoms with E-state index in [1.54, 1.807) is 11.9 Å². The van der Waals surface area contributed by atoms with Gasteiger partial charge in [0.1, 0.15) is 0 Å². The van der Waals surface area contributed by atoms with E-state index in [2.05, 4.69) is 5.32 Å². The van der Waals surface area contributed by atoms with E-state index in [-0.39, 0.29) is 6.54 Å². The molecule has 0 spiro atoms. The Bertz CT molecular complexity index is 125. The molecule has 0 atom stereocenters. The Labute approximate surface area is 77.1 Å². The summed E-state index contributed by atoms with van der Waals surface area (Å²) in [7, 11) is 1.70. The highest BCUT2D eigenvalue weighted by molar-refractivity contribution is 4.58. The van der Waals surface area contributed by atoms with Crippen molar-refractivity contribution in [1.29, 1.82) is 0 Å². The fraction of sp³-hybridized carbons (Fsp3) is 1.00. The molecule has 0 aliphatic carbocycles. The van der Waals surface area contributed by atoms with Crippen molar-refractivity contribution >= 4 is 0 Å². The van der Waals surface area contributed by atoms with Crippen LogP contribution < -0.4 is 5.32 Å². The number of hydrogen-bond donors (Lipinski definition) is 1. The van der Waals surface area contributed by atoms with Gasteiger partial charge in [0.15, 0.2) is 0 Å². The smallest absolute Gasteiger partial charge is 0.316 e. The summed E-state index contributed by atoms with van der Waals surface area (Å²) in [6.07, 6.45) is -4.76. The van der Waals surface area contributed by atoms with Crippen LogP contribution in [0.15, 0.2) is 0 Å². The number of nitrogens with zero attached hydrogens (tertiary/aromatic N) is 1. The molecule has 0 saturated heterocycles. The Morgan fingerprint density at radius 1 is 1.23 bits per heavy atom. The fourth-order valence-corrected chi connectivity index (χ4v) is 0.876. The standard InChI is InChI=1S/C8H17F3N2/c1-3-12-5-7-13(2)6-4-8(9,10)11/h12H,3-7H2,1-2H3. The van der Waals surface area contributed by atoms with Crippen LogP contribution in [0.2, 0.25) is 0 Å². The normalized spacial score (nSPS) is 12.5. The Hall–Kier alpha value is -0.290. The third-order valence-electron chi connectivity index (χ3n) is 1.70. The molecule has 0 saturated carbocycles. The Morgan fingerprint density at radius 2 is 1.85 bits per heavy atom. The quantitative estimate of drug-likeness (QED) is 0.650. The van der Waals surface area contributed by atoms with E-state index in [9.17, 15) is 13.2 Å². The van der Waals surface area contributed by atoms with E-state index >= 15 is 0 Å². The summed E-state index contributed by atoms with van der Waals surface area (Å²) in [4.78, 5) is 1.68. The van der Waals surface area contributed by atoms with Crippen LogP contribution in [0.1, 0.15) is 13.3 Å². The van der Waals surface area contributed by atoms with Crippen molar-refractivity contribution in [3.8, 4) is 0 Å². The van der Waals surface area contributed by atoms with Crippen LogP contribution in [0.3, 0.4) is 0 Å². The summed E-state index contributed by atoms with van der Waals surface area (Å²) < 4.78 is 35.3. The molecule has 0 radical (unpaired) electrons. The number of halogens is 3. The lowest BCUT2D eigenvalue weighted by molar-refractivity contribution is -0.137. The van der Waals surface area contributed by atoms with E-state index in [4.69, 9.17) is 0 Å². The third-order valence-corrected chi connectivity index (χ3v) is 1.70. The van der Waals surface area contributed by atoms with Gasteiger partial charge in [0.2, 0.25) is 0 Å². The number of likely N-dealkylation sites (N-methyl/N-ethyl adjacent to an activating group) is 2. The highest BCUT2D eigenvalue weighted by Crippen LogP contribution is 2.19. The molecule has 80 valence electrons. The summed E-state index contributed by atoms with van der Waals surface area (Å²) in [5, 5.41) is 3.05. The molecule has 0 rings (SSSR count). The maximum Gasteiger partial charge on any atom is 0.390 e. The van der Waals surface area contributed by atoms with Crippen molar-refractivity contribution in [3.63, 3.8) is 0 Å². The fourth-order valence-electron chi connectivity index (χ4n) is 0.876. The minimum absolute atomic E-state index is 0.0783. The molecular weight excluding hydrogens is 181 g/mol. The van der Waals surface area contributed by atoms with Gasteiger partial charge in [-0.3, -0.25) is 0 Å². The lowest BCUT2D eigenvalue weighted by Crippen LogP contribution is -2.31. The topological polar surface area (TPSA) is 15.3 Å². The van der Waals surface area contributed by atoms with Gasteiger partial charge in [-0.2, -0.15) is 13.2 Å². The number of alkyl halides is 3. The molecule has 0 unspecified atom stereocenters. The van der Waals surface area contributed by atoms with Crippen LogP contribution in [0.25, 0.3) is 0 Å². The second kappa shape index (κ2) is 6.21. The molecule has 0 aliphatic heterocycles. The molecule has 0 aliphatic rings. The molecule has 0 bridgehead atoms. The van der Waals surface area contributed by atoms with Crippen molar-refractivity contribution in [3.05, 3.63) is 0 Å². The summed E-state index contributed by atoms with van der Waals surface area (Å²) in [5.74, 6) is 0. The molecule has 2 nitrogen and oxygen atoms in total. The average Bonchev–Trinajstić information content (AvgIpc) is 2.00. The molecular formula is C8H17F3N2. The van der Waals surface area contributed by atoms with Crippen LogP contribution in [0, 0.1) is 0 Å². The molecule has 1 N–H and O–H groups in total. The highest BCUT2D eigenvalue weighted by Gasteiger charge is 2.26. The van der Waals surface area contributed by atoms with Gasteiger partial charge in [0, 0.05) is 19.6 Å². The van der Waals surface area contributed by atoms with Crippen molar-refractivity contribution < 1.29 is 13.2 Å². The number of rotatable bonds is 6. The third kappa shape index (κ3) is 9.63. The van der Waals surface area contributed by atoms with Crippen molar-refractivity contribution in [2.75, 3.05) is 33.2 Å². The largest absolute Gasteiger partial charge is 0.390 e. The zero-order valence-electron chi connectivity index (χ0n) is 8.12. The van der Waals surface area contributed by atoms with E-state index < -0.39 is 12.6 Å². The van der Waals surface area contributed by atoms with Crippen LogP contribution >= 0.6 is 0 Å². The zero-order chi connectivity index (χ0) is 10.3. The molecule has 0 amide bonds. The first-order valence-corrected chi connectivity index (χ1v) is 4.41. The van der Waals surface area contributed by atoms with Crippen molar-refractivity contribution in [1.82, 2.24) is 10.2 Å². The summed E-state index contributed by atoms with van der Waals surface area (Å²) in [6, 6.07) is 0. The number of hydrogen-bond acceptors (Lipinski definition) is 2. The maximum absolute atomic E-state index is 11.8. The van der Waals surface area contributed by atoms with E-state index in [0.29, 0.717) is 6.54 Å². The SMILES string of the molecule is CCNCCN(C)CCC(F)(F)F. The second-order valence-corrected chi connectivity index (χ2v) is 3.02. The Morgan fingerprint density at radius 3 is 2.31 bits per heavy atom. The van der Waals surface area contributed by atoms with Crippen molar-refractivity contribution in [2.45, 2.75) is 19.5 Å². The van der Waals surface area contributed by atoms with Gasteiger partial charge < -0.3 is 10.2 Å². The van der Waals surface area contributed by atoms with Gasteiger partial charge in [-0.05, 0) is 13.6 Å². The highest BCUT2D eigenvalue weighted by atomic mass is 19.4. The lowest BCUT2D eigenvalue weighted by Gasteiger charge is -2.17. The maximum atomic E-state index is 11.8. The minimum Gasteiger partial charge on any atom is -0.316 e. The predicted octanol–water partition coefficient (Wildman–Crippen LogP) is 1.48. The van der Waals surface area contributed by atoms with Crippen LogP contribution in [-0.4, -0.2) is 44.3 Å². The molecule has 0 aromatic rings. The molecule has 13 heavy (non-hydrogen) atoms. The van der Waals surface area contributed by atoms with Gasteiger partial charge in [0.05, 0.1) is 6.42 Å². The summed E-state index contributed by atoms with van der Waals surface area (Å²) >= 11 is 0. The van der Waals surface area contributed by atoms with Crippen LogP contribution in [0.5, 0.6) is 0 Å². The van der Waals surface area contributed by atoms with Crippen LogP contribution in [-0.2, 0) is 0 Å². The molecule has 0 fully saturated rings. The van der Waals surface area contributed by atoms with Crippen LogP contribution in [0.4, 0.5) is 13.2 Å². The van der Waals surface area contributed by atoms with Crippen molar-refractivity contribution in [2.24, 2.45) is 0 Å². The predicted molar refractivity (Wildman–Crippen MR) is 46.7 cm³/mol. The monoisotopic (exact) mass is 198 g/mol. The molecule has 0 aromatic heterocycles. The first kappa shape index (κ1) is 12.7. The van der Waals surface area contributed by atoms with E-state index in [1.807, 2.05) is 6.92 Å². The van der Waals surface area contributed by atoms with Gasteiger partial charge in [-0.15, -0.1) is 0 Å². The lowest BCUT2D eigenvalue weighted by atomic mass is 10.4. The van der Waals surface area contributed by atoms with Gasteiger partial charge in [-0.25, -0.2) is 0 Å². The van der Waals surface area contributed by atoms with E-state index in [0.717, 1.165) is 13.1 Å². The molecule has 0 heterocycles. The van der Waals surface area contributed by atoms with Gasteiger partial charge in [-0.1, -0.05) is 6.92 Å². The molecule has 0 aromatic carbocycles. The number of nitrogens with one attached hydrogen (secondary N) is 1.